The summed E-state index contributed by atoms with van der Waals surface area (Å²) in [5.74, 6) is 1.96. The molecule has 0 unspecified atom stereocenters. The summed E-state index contributed by atoms with van der Waals surface area (Å²) in [6.07, 6.45) is 0. The average Bonchev–Trinajstić information content (AvgIpc) is 3.27. The van der Waals surface area contributed by atoms with Gasteiger partial charge in [-0.3, -0.25) is 0 Å². The van der Waals surface area contributed by atoms with Crippen LogP contribution in [-0.4, -0.2) is 101 Å². The lowest BCUT2D eigenvalue weighted by molar-refractivity contribution is 1.08. The molecule has 3 nitrogen and oxygen atoms in total. The van der Waals surface area contributed by atoms with Crippen molar-refractivity contribution >= 4 is 179 Å². The van der Waals surface area contributed by atoms with Crippen molar-refractivity contribution in [2.45, 2.75) is 0 Å². The molecule has 14 heteroatoms. The smallest absolute Gasteiger partial charge is 0.164 e. The van der Waals surface area contributed by atoms with E-state index in [1.54, 1.807) is 0 Å². The molecule has 0 spiro atoms. The van der Waals surface area contributed by atoms with Crippen LogP contribution in [0.1, 0.15) is 0 Å². The van der Waals surface area contributed by atoms with Crippen LogP contribution < -0.4 is 60.1 Å². The fourth-order valence-corrected chi connectivity index (χ4v) is 9.47. The molecular weight excluding hydrogens is 701 g/mol. The van der Waals surface area contributed by atoms with Crippen LogP contribution >= 0.6 is 0 Å². The predicted molar refractivity (Wildman–Crippen MR) is 289 cm³/mol. The van der Waals surface area contributed by atoms with Crippen molar-refractivity contribution in [3.8, 4) is 56.4 Å². The molecule has 1 aromatic heterocycles. The van der Waals surface area contributed by atoms with E-state index < -0.39 is 0 Å². The molecule has 0 amide bonds. The van der Waals surface area contributed by atoms with E-state index in [2.05, 4.69) is 196 Å². The molecule has 0 N–H and O–H groups in total. The van der Waals surface area contributed by atoms with Gasteiger partial charge in [-0.25, -0.2) is 15.0 Å². The summed E-state index contributed by atoms with van der Waals surface area (Å²) >= 11 is 0. The zero-order valence-corrected chi connectivity index (χ0v) is 36.2. The molecular formula is C45H40B11N3. The second-order valence-corrected chi connectivity index (χ2v) is 16.8. The Kier molecular flexibility index (Phi) is 9.74. The molecule has 59 heavy (non-hydrogen) atoms. The lowest BCUT2D eigenvalue weighted by atomic mass is 9.56. The summed E-state index contributed by atoms with van der Waals surface area (Å²) in [5, 5.41) is 7.37. The molecule has 0 fully saturated rings. The van der Waals surface area contributed by atoms with Crippen LogP contribution in [0.5, 0.6) is 0 Å². The molecule has 8 aromatic carbocycles. The van der Waals surface area contributed by atoms with Crippen molar-refractivity contribution in [1.29, 1.82) is 0 Å². The molecule has 0 aliphatic rings. The molecule has 0 radical (unpaired) electrons. The minimum atomic E-state index is 0.653. The molecule has 0 atom stereocenters. The molecule has 268 valence electrons. The van der Waals surface area contributed by atoms with Crippen molar-refractivity contribution in [2.75, 3.05) is 0 Å². The van der Waals surface area contributed by atoms with Crippen LogP contribution in [0.3, 0.4) is 0 Å². The van der Waals surface area contributed by atoms with Crippen molar-refractivity contribution in [1.82, 2.24) is 15.0 Å². The molecule has 9 rings (SSSR count). The number of hydrogen-bond donors (Lipinski definition) is 0. The molecule has 0 aliphatic carbocycles. The van der Waals surface area contributed by atoms with Gasteiger partial charge in [0.2, 0.25) is 0 Å². The predicted octanol–water partition coefficient (Wildman–Crippen LogP) is -7.49. The van der Waals surface area contributed by atoms with Gasteiger partial charge in [0, 0.05) is 16.7 Å². The number of hydrogen-bond acceptors (Lipinski definition) is 3. The molecule has 9 aromatic rings. The number of benzene rings is 8. The first-order valence-corrected chi connectivity index (χ1v) is 20.8. The van der Waals surface area contributed by atoms with Gasteiger partial charge in [-0.1, -0.05) is 124 Å². The van der Waals surface area contributed by atoms with Gasteiger partial charge in [0.05, 0.1) is 0 Å². The van der Waals surface area contributed by atoms with Crippen LogP contribution in [0.15, 0.2) is 109 Å². The molecule has 0 aliphatic heterocycles. The van der Waals surface area contributed by atoms with Crippen LogP contribution in [0.4, 0.5) is 0 Å². The van der Waals surface area contributed by atoms with Crippen LogP contribution in [0, 0.1) is 0 Å². The van der Waals surface area contributed by atoms with E-state index in [0.717, 1.165) is 33.0 Å². The van der Waals surface area contributed by atoms with Gasteiger partial charge in [-0.05, 0) is 72.8 Å². The average molecular weight is 742 g/mol. The highest BCUT2D eigenvalue weighted by Crippen LogP contribution is 2.33. The summed E-state index contributed by atoms with van der Waals surface area (Å²) < 4.78 is 0. The maximum atomic E-state index is 5.24. The van der Waals surface area contributed by atoms with Crippen molar-refractivity contribution in [3.63, 3.8) is 0 Å². The minimum absolute atomic E-state index is 0.653. The second-order valence-electron chi connectivity index (χ2n) is 16.8. The van der Waals surface area contributed by atoms with E-state index in [4.69, 9.17) is 15.0 Å². The van der Waals surface area contributed by atoms with Crippen molar-refractivity contribution < 1.29 is 0 Å². The third-order valence-electron chi connectivity index (χ3n) is 13.8. The Balaban J connectivity index is 1.30. The minimum Gasteiger partial charge on any atom is -0.208 e. The van der Waals surface area contributed by atoms with Crippen LogP contribution in [0.25, 0.3) is 88.7 Å². The maximum absolute atomic E-state index is 5.24. The highest BCUT2D eigenvalue weighted by atomic mass is 15.0. The fourth-order valence-electron chi connectivity index (χ4n) is 9.47. The summed E-state index contributed by atoms with van der Waals surface area (Å²) in [6.45, 7) is 0. The van der Waals surface area contributed by atoms with Gasteiger partial charge in [0.1, 0.15) is 86.3 Å². The highest BCUT2D eigenvalue weighted by molar-refractivity contribution is 6.72. The monoisotopic (exact) mass is 743 g/mol. The Hall–Kier alpha value is -5.74. The quantitative estimate of drug-likeness (QED) is 0.165. The number of aromatic nitrogens is 3. The normalized spacial score (nSPS) is 11.5. The zero-order valence-electron chi connectivity index (χ0n) is 36.2. The Bertz CT molecular complexity index is 3130. The fraction of sp³-hybridized carbons (Fsp3) is 0. The molecule has 1 heterocycles. The van der Waals surface area contributed by atoms with E-state index in [1.165, 1.54) is 98.3 Å². The van der Waals surface area contributed by atoms with Gasteiger partial charge < -0.3 is 0 Å². The van der Waals surface area contributed by atoms with Gasteiger partial charge in [-0.15, -0.1) is 27.3 Å². The molecule has 0 bridgehead atoms. The third kappa shape index (κ3) is 6.34. The molecule has 0 saturated carbocycles. The Labute approximate surface area is 357 Å². The molecule has 0 saturated heterocycles. The summed E-state index contributed by atoms with van der Waals surface area (Å²) in [4.78, 5) is 15.6. The first-order valence-electron chi connectivity index (χ1n) is 20.8. The van der Waals surface area contributed by atoms with E-state index in [9.17, 15) is 0 Å². The van der Waals surface area contributed by atoms with Gasteiger partial charge in [0.25, 0.3) is 0 Å². The lowest BCUT2D eigenvalue weighted by Gasteiger charge is -2.29. The van der Waals surface area contributed by atoms with Crippen molar-refractivity contribution in [2.24, 2.45) is 0 Å². The Morgan fingerprint density at radius 1 is 0.254 bits per heavy atom. The van der Waals surface area contributed by atoms with Gasteiger partial charge in [0.15, 0.2) is 17.5 Å². The van der Waals surface area contributed by atoms with E-state index >= 15 is 0 Å². The second kappa shape index (κ2) is 14.8. The van der Waals surface area contributed by atoms with E-state index in [-0.39, 0.29) is 0 Å². The van der Waals surface area contributed by atoms with Crippen LogP contribution in [-0.2, 0) is 0 Å². The van der Waals surface area contributed by atoms with Gasteiger partial charge >= 0.3 is 0 Å². The SMILES string of the molecule is Bc1c(B)c(B)c(-c2c(B)c(B)c(-c3cccc(-c4nc(-c5ccc6ccccc6c5)nc(-c5ccc6ccccc6c5)n4)c3)c3c(B)c(B)c(B)c(B)c23)c(B)c1B. The number of nitrogens with zero attached hydrogens (tertiary/aromatic N) is 3. The maximum Gasteiger partial charge on any atom is 0.164 e. The Morgan fingerprint density at radius 2 is 0.610 bits per heavy atom. The summed E-state index contributed by atoms with van der Waals surface area (Å²) in [7, 11) is 25.4. The standard InChI is InChI=1S/C45H40B11N3/c46-32-27(28-29(35(49)39(53)38(52)34(28)48)30(33(32)47)31-36(50)40(54)42(56)41(55)37(31)51)23-10-5-11-24(18-23)43-57-44(25-14-12-19-6-1-3-8-21(19)16-25)59-45(58-43)26-15-13-20-7-2-4-9-22(20)17-26/h1-18H,46-56H2. The first kappa shape index (κ1) is 38.8. The largest absolute Gasteiger partial charge is 0.208 e. The third-order valence-corrected chi connectivity index (χ3v) is 13.8. The first-order chi connectivity index (χ1) is 28.3. The van der Waals surface area contributed by atoms with Gasteiger partial charge in [-0.2, -0.15) is 0 Å². The Morgan fingerprint density at radius 3 is 1.10 bits per heavy atom. The summed E-state index contributed by atoms with van der Waals surface area (Å²) in [6, 6.07) is 38.7. The summed E-state index contributed by atoms with van der Waals surface area (Å²) in [5.41, 5.74) is 23.0. The topological polar surface area (TPSA) is 38.7 Å². The van der Waals surface area contributed by atoms with Crippen molar-refractivity contribution in [3.05, 3.63) is 109 Å². The number of rotatable bonds is 5. The van der Waals surface area contributed by atoms with E-state index in [1.807, 2.05) is 0 Å². The van der Waals surface area contributed by atoms with Crippen LogP contribution in [0.2, 0.25) is 0 Å². The zero-order chi connectivity index (χ0) is 41.4. The number of fused-ring (bicyclic) bond motifs is 3. The highest BCUT2D eigenvalue weighted by Gasteiger charge is 2.25. The lowest BCUT2D eigenvalue weighted by Crippen LogP contribution is -2.56. The van der Waals surface area contributed by atoms with E-state index in [0.29, 0.717) is 17.5 Å².